The summed E-state index contributed by atoms with van der Waals surface area (Å²) in [5, 5.41) is 19.0. The molecule has 0 bridgehead atoms. The summed E-state index contributed by atoms with van der Waals surface area (Å²) in [5.41, 5.74) is 2.35. The number of primary sulfonamides is 1. The molecule has 0 aliphatic carbocycles. The van der Waals surface area contributed by atoms with E-state index in [1.54, 1.807) is 0 Å². The summed E-state index contributed by atoms with van der Waals surface area (Å²) in [6, 6.07) is 1.15. The molecule has 2 aliphatic rings. The summed E-state index contributed by atoms with van der Waals surface area (Å²) >= 11 is 0. The van der Waals surface area contributed by atoms with Crippen LogP contribution in [0.4, 0.5) is 4.79 Å². The number of hydrogen-bond donors (Lipinski definition) is 4. The molecule has 15 nitrogen and oxygen atoms in total. The lowest BCUT2D eigenvalue weighted by Gasteiger charge is -2.42. The van der Waals surface area contributed by atoms with Gasteiger partial charge in [0.25, 0.3) is 5.91 Å². The monoisotopic (exact) mass is 524 g/mol. The molecule has 5 N–H and O–H groups in total. The third-order valence-electron chi connectivity index (χ3n) is 5.54. The SMILES string of the molecule is NS(=O)(=O)c1ccc(C(=O)NN2CCC(=O)N3CCC[C@@H](C(=O)N[C@H](C=O)CC(=O)O)N3C2=O)cc1. The summed E-state index contributed by atoms with van der Waals surface area (Å²) in [5.74, 6) is -3.41. The van der Waals surface area contributed by atoms with Gasteiger partial charge in [-0.3, -0.25) is 24.6 Å². The van der Waals surface area contributed by atoms with Crippen LogP contribution in [-0.4, -0.2) is 89.7 Å². The van der Waals surface area contributed by atoms with Gasteiger partial charge in [-0.2, -0.15) is 0 Å². The summed E-state index contributed by atoms with van der Waals surface area (Å²) in [6.07, 6.45) is -0.0875. The van der Waals surface area contributed by atoms with Crippen LogP contribution in [0, 0.1) is 0 Å². The summed E-state index contributed by atoms with van der Waals surface area (Å²) in [7, 11) is -3.98. The van der Waals surface area contributed by atoms with E-state index < -0.39 is 58.2 Å². The number of aldehydes is 1. The van der Waals surface area contributed by atoms with E-state index in [1.165, 1.54) is 12.1 Å². The molecule has 1 aromatic carbocycles. The first kappa shape index (κ1) is 26.6. The number of carboxylic acid groups (broad SMARTS) is 1. The molecule has 2 heterocycles. The number of urea groups is 1. The van der Waals surface area contributed by atoms with Gasteiger partial charge in [-0.05, 0) is 37.1 Å². The molecule has 1 aromatic rings. The van der Waals surface area contributed by atoms with Gasteiger partial charge in [0.2, 0.25) is 21.8 Å². The lowest BCUT2D eigenvalue weighted by atomic mass is 10.1. The molecular formula is C20H24N6O9S. The highest BCUT2D eigenvalue weighted by Gasteiger charge is 2.44. The number of nitrogens with zero attached hydrogens (tertiary/aromatic N) is 3. The van der Waals surface area contributed by atoms with Crippen molar-refractivity contribution in [3.8, 4) is 0 Å². The number of nitrogens with one attached hydrogen (secondary N) is 2. The Balaban J connectivity index is 1.80. The average Bonchev–Trinajstić information content (AvgIpc) is 2.94. The van der Waals surface area contributed by atoms with Gasteiger partial charge in [-0.15, -0.1) is 0 Å². The van der Waals surface area contributed by atoms with Crippen LogP contribution in [0.25, 0.3) is 0 Å². The van der Waals surface area contributed by atoms with E-state index in [4.69, 9.17) is 10.2 Å². The first-order valence-corrected chi connectivity index (χ1v) is 12.3. The zero-order valence-corrected chi connectivity index (χ0v) is 19.6. The number of hydrogen-bond acceptors (Lipinski definition) is 8. The van der Waals surface area contributed by atoms with E-state index in [2.05, 4.69) is 10.7 Å². The lowest BCUT2D eigenvalue weighted by molar-refractivity contribution is -0.155. The summed E-state index contributed by atoms with van der Waals surface area (Å²) < 4.78 is 22.8. The first-order chi connectivity index (χ1) is 16.9. The van der Waals surface area contributed by atoms with Gasteiger partial charge in [0.15, 0.2) is 0 Å². The fourth-order valence-corrected chi connectivity index (χ4v) is 4.31. The van der Waals surface area contributed by atoms with Crippen molar-refractivity contribution >= 4 is 46.0 Å². The van der Waals surface area contributed by atoms with Crippen LogP contribution in [-0.2, 0) is 29.2 Å². The Kier molecular flexibility index (Phi) is 7.89. The number of hydrazine groups is 2. The highest BCUT2D eigenvalue weighted by atomic mass is 32.2. The maximum atomic E-state index is 13.3. The predicted octanol–water partition coefficient (Wildman–Crippen LogP) is -1.83. The van der Waals surface area contributed by atoms with E-state index in [0.29, 0.717) is 6.42 Å². The number of carboxylic acids is 1. The Bertz CT molecular complexity index is 1190. The predicted molar refractivity (Wildman–Crippen MR) is 119 cm³/mol. The summed E-state index contributed by atoms with van der Waals surface area (Å²) in [6.45, 7) is -0.0760. The molecule has 2 fully saturated rings. The minimum absolute atomic E-state index is 0.00179. The third-order valence-corrected chi connectivity index (χ3v) is 6.47. The van der Waals surface area contributed by atoms with Crippen LogP contribution >= 0.6 is 0 Å². The number of benzene rings is 1. The number of amides is 5. The molecule has 0 unspecified atom stereocenters. The molecule has 2 atom stereocenters. The number of carbonyl (C=O) groups excluding carboxylic acids is 5. The van der Waals surface area contributed by atoms with Crippen LogP contribution in [0.5, 0.6) is 0 Å². The molecule has 2 saturated heterocycles. The maximum Gasteiger partial charge on any atom is 0.358 e. The molecule has 0 radical (unpaired) electrons. The van der Waals surface area contributed by atoms with Crippen molar-refractivity contribution in [3.05, 3.63) is 29.8 Å². The Morgan fingerprint density at radius 2 is 1.83 bits per heavy atom. The van der Waals surface area contributed by atoms with Crippen LogP contribution in [0.1, 0.15) is 36.0 Å². The van der Waals surface area contributed by atoms with E-state index >= 15 is 0 Å². The lowest BCUT2D eigenvalue weighted by Crippen LogP contribution is -2.64. The highest BCUT2D eigenvalue weighted by Crippen LogP contribution is 2.24. The number of aliphatic carboxylic acids is 1. The Morgan fingerprint density at radius 3 is 2.42 bits per heavy atom. The quantitative estimate of drug-likeness (QED) is 0.281. The molecule has 36 heavy (non-hydrogen) atoms. The molecule has 16 heteroatoms. The molecule has 2 aliphatic heterocycles. The average molecular weight is 525 g/mol. The van der Waals surface area contributed by atoms with Gasteiger partial charge < -0.3 is 15.2 Å². The fourth-order valence-electron chi connectivity index (χ4n) is 3.80. The fraction of sp³-hybridized carbons (Fsp3) is 0.400. The number of fused-ring (bicyclic) bond motifs is 1. The second-order valence-corrected chi connectivity index (χ2v) is 9.62. The van der Waals surface area contributed by atoms with Crippen LogP contribution in [0.3, 0.4) is 0 Å². The van der Waals surface area contributed by atoms with Gasteiger partial charge >= 0.3 is 12.0 Å². The van der Waals surface area contributed by atoms with Crippen molar-refractivity contribution in [2.45, 2.75) is 42.7 Å². The zero-order chi connectivity index (χ0) is 26.6. The Hall–Kier alpha value is -4.05. The van der Waals surface area contributed by atoms with Gasteiger partial charge in [0.05, 0.1) is 23.9 Å². The van der Waals surface area contributed by atoms with E-state index in [9.17, 15) is 37.2 Å². The van der Waals surface area contributed by atoms with Gasteiger partial charge in [0, 0.05) is 18.5 Å². The standard InChI is InChI=1S/C20H24N6O9S/c21-36(34,35)14-5-3-12(4-6-14)18(31)23-24-9-7-16(28)25-8-1-2-15(26(25)20(24)33)19(32)22-13(11-27)10-17(29)30/h3-6,11,13,15H,1-2,7-10H2,(H,22,32)(H,23,31)(H,29,30)(H2,21,34,35)/t13-,15-/m0/s1. The molecule has 0 spiro atoms. The third kappa shape index (κ3) is 5.95. The number of sulfonamides is 1. The second-order valence-electron chi connectivity index (χ2n) is 8.06. The van der Waals surface area contributed by atoms with Crippen LogP contribution in [0.2, 0.25) is 0 Å². The minimum atomic E-state index is -3.98. The minimum Gasteiger partial charge on any atom is -0.481 e. The largest absolute Gasteiger partial charge is 0.481 e. The van der Waals surface area contributed by atoms with Crippen molar-refractivity contribution in [2.24, 2.45) is 5.14 Å². The normalized spacial score (nSPS) is 19.1. The van der Waals surface area contributed by atoms with E-state index in [0.717, 1.165) is 27.2 Å². The van der Waals surface area contributed by atoms with Crippen LogP contribution in [0.15, 0.2) is 29.2 Å². The smallest absolute Gasteiger partial charge is 0.358 e. The second kappa shape index (κ2) is 10.7. The van der Waals surface area contributed by atoms with Crippen molar-refractivity contribution in [1.82, 2.24) is 25.8 Å². The molecule has 0 aromatic heterocycles. The van der Waals surface area contributed by atoms with Crippen LogP contribution < -0.4 is 15.9 Å². The summed E-state index contributed by atoms with van der Waals surface area (Å²) in [4.78, 5) is 73.5. The molecule has 0 saturated carbocycles. The molecule has 3 rings (SSSR count). The molecule has 5 amide bonds. The Labute approximate surface area is 205 Å². The van der Waals surface area contributed by atoms with Gasteiger partial charge in [-0.25, -0.2) is 33.4 Å². The van der Waals surface area contributed by atoms with Crippen molar-refractivity contribution < 1.29 is 42.3 Å². The van der Waals surface area contributed by atoms with Gasteiger partial charge in [-0.1, -0.05) is 0 Å². The molecular weight excluding hydrogens is 500 g/mol. The zero-order valence-electron chi connectivity index (χ0n) is 18.8. The number of nitrogens with two attached hydrogens (primary N) is 1. The topological polar surface area (TPSA) is 217 Å². The maximum absolute atomic E-state index is 13.3. The highest BCUT2D eigenvalue weighted by molar-refractivity contribution is 7.89. The van der Waals surface area contributed by atoms with Crippen molar-refractivity contribution in [2.75, 3.05) is 13.1 Å². The van der Waals surface area contributed by atoms with E-state index in [-0.39, 0.29) is 42.7 Å². The Morgan fingerprint density at radius 1 is 1.17 bits per heavy atom. The van der Waals surface area contributed by atoms with Gasteiger partial charge in [0.1, 0.15) is 12.3 Å². The van der Waals surface area contributed by atoms with Crippen molar-refractivity contribution in [3.63, 3.8) is 0 Å². The first-order valence-electron chi connectivity index (χ1n) is 10.7. The molecule has 194 valence electrons. The van der Waals surface area contributed by atoms with E-state index in [1.807, 2.05) is 0 Å². The van der Waals surface area contributed by atoms with Crippen molar-refractivity contribution in [1.29, 1.82) is 0 Å². The number of rotatable bonds is 8. The number of carbonyl (C=O) groups is 6.